The van der Waals surface area contributed by atoms with E-state index < -0.39 is 0 Å². The van der Waals surface area contributed by atoms with Gasteiger partial charge in [0.1, 0.15) is 0 Å². The Kier molecular flexibility index (Phi) is 372. The third-order valence-corrected chi connectivity index (χ3v) is 0. The normalized spacial score (nSPS) is 4.74. The predicted molar refractivity (Wildman–Crippen MR) is 77.9 cm³/mol. The second-order valence-electron chi connectivity index (χ2n) is 2.66. The summed E-state index contributed by atoms with van der Waals surface area (Å²) in [5.74, 6) is 0. The van der Waals surface area contributed by atoms with Gasteiger partial charge in [0.05, 0.1) is 0 Å². The van der Waals surface area contributed by atoms with E-state index in [2.05, 4.69) is 13.8 Å². The topological polar surface area (TPSA) is 0 Å². The standard InChI is InChI=1S/4C3H7.C3H6.2W.2Y/c5*1-3-2;;;;/h4*3H,1-2H3;1-3H2;;;;/q4*-1;-2;;;;. The molecule has 2 radical (unpaired) electrons. The molecule has 0 aromatic rings. The molecule has 19 heavy (non-hydrogen) atoms. The van der Waals surface area contributed by atoms with E-state index in [0.717, 1.165) is 6.42 Å². The molecule has 0 saturated carbocycles. The van der Waals surface area contributed by atoms with Crippen LogP contribution in [0.15, 0.2) is 0 Å². The van der Waals surface area contributed by atoms with Gasteiger partial charge in [-0.2, -0.15) is 55.4 Å². The molecule has 0 aliphatic carbocycles. The molecule has 0 aromatic carbocycles. The largest absolute Gasteiger partial charge is 0.372 e. The van der Waals surface area contributed by atoms with Crippen LogP contribution in [0.5, 0.6) is 0 Å². The minimum atomic E-state index is 0. The van der Waals surface area contributed by atoms with Crippen LogP contribution in [-0.4, -0.2) is 0 Å². The Morgan fingerprint density at radius 1 is 0.526 bits per heavy atom. The summed E-state index contributed by atoms with van der Waals surface area (Å²) in [4.78, 5) is 0. The van der Waals surface area contributed by atoms with Crippen LogP contribution in [0.3, 0.4) is 0 Å². The third-order valence-electron chi connectivity index (χ3n) is 0. The van der Waals surface area contributed by atoms with Crippen LogP contribution in [0.4, 0.5) is 0 Å². The van der Waals surface area contributed by atoms with Crippen molar-refractivity contribution in [3.05, 3.63) is 39.5 Å². The van der Waals surface area contributed by atoms with Gasteiger partial charge in [-0.15, -0.1) is 0 Å². The molecule has 0 heterocycles. The van der Waals surface area contributed by atoms with E-state index in [-0.39, 0.29) is 108 Å². The number of rotatable bonds is 0. The van der Waals surface area contributed by atoms with Crippen molar-refractivity contribution in [2.24, 2.45) is 0 Å². The second-order valence-corrected chi connectivity index (χ2v) is 2.66. The Labute approximate surface area is 205 Å². The molecular weight excluding hydrogens is 726 g/mol. The molecule has 0 aliphatic rings. The second kappa shape index (κ2) is 124. The van der Waals surface area contributed by atoms with Crippen molar-refractivity contribution in [3.8, 4) is 0 Å². The summed E-state index contributed by atoms with van der Waals surface area (Å²) >= 11 is 0. The van der Waals surface area contributed by atoms with Gasteiger partial charge in [-0.1, -0.05) is 0 Å². The van der Waals surface area contributed by atoms with E-state index in [4.69, 9.17) is 0 Å². The van der Waals surface area contributed by atoms with Crippen LogP contribution in [0, 0.1) is 39.5 Å². The van der Waals surface area contributed by atoms with Crippen molar-refractivity contribution < 1.29 is 108 Å². The summed E-state index contributed by atoms with van der Waals surface area (Å²) in [7, 11) is 0. The van der Waals surface area contributed by atoms with Crippen LogP contribution in [0.2, 0.25) is 0 Å². The van der Waals surface area contributed by atoms with E-state index >= 15 is 0 Å². The zero-order valence-corrected chi connectivity index (χ0v) is 25.9. The molecule has 0 nitrogen and oxygen atoms in total. The summed E-state index contributed by atoms with van der Waals surface area (Å²) in [6.07, 6.45) is 8.75. The van der Waals surface area contributed by atoms with Crippen LogP contribution in [0.25, 0.3) is 0 Å². The molecule has 0 atom stereocenters. The quantitative estimate of drug-likeness (QED) is 0.268. The average Bonchev–Trinajstić information content (AvgIpc) is 2.09. The molecule has 0 bridgehead atoms. The predicted octanol–water partition coefficient (Wildman–Crippen LogP) is 5.96. The number of hydrogen-bond donors (Lipinski definition) is 0. The fraction of sp³-hybridized carbons (Fsp3) is 0.600. The van der Waals surface area contributed by atoms with Gasteiger partial charge in [0.25, 0.3) is 0 Å². The van der Waals surface area contributed by atoms with Gasteiger partial charge in [0.15, 0.2) is 0 Å². The molecule has 0 amide bonds. The Bertz CT molecular complexity index is 29.7. The smallest absolute Gasteiger partial charge is 0 e. The van der Waals surface area contributed by atoms with E-state index in [1.165, 1.54) is 0 Å². The van der Waals surface area contributed by atoms with Crippen molar-refractivity contribution in [3.63, 3.8) is 0 Å². The summed E-state index contributed by atoms with van der Waals surface area (Å²) in [6, 6.07) is 0. The minimum absolute atomic E-state index is 0. The minimum Gasteiger partial charge on any atom is -0.372 e. The van der Waals surface area contributed by atoms with Crippen LogP contribution >= 0.6 is 0 Å². The first-order chi connectivity index (χ1) is 7.07. The maximum Gasteiger partial charge on any atom is 0 e. The summed E-state index contributed by atoms with van der Waals surface area (Å²) < 4.78 is 0. The summed E-state index contributed by atoms with van der Waals surface area (Å²) in [5, 5.41) is 0. The average molecular weight is 760 g/mol. The van der Waals surface area contributed by atoms with Crippen molar-refractivity contribution in [1.29, 1.82) is 0 Å². The first-order valence-electron chi connectivity index (χ1n) is 5.62. The fourth-order valence-electron chi connectivity index (χ4n) is 0. The third kappa shape index (κ3) is 644. The first-order valence-corrected chi connectivity index (χ1v) is 5.62. The zero-order valence-electron chi connectivity index (χ0n) is 14.4. The molecule has 118 valence electrons. The molecule has 0 unspecified atom stereocenters. The van der Waals surface area contributed by atoms with Crippen LogP contribution in [-0.2, 0) is 108 Å². The Balaban J connectivity index is -0.00000000893. The van der Waals surface area contributed by atoms with Gasteiger partial charge in [-0.05, 0) is 0 Å². The van der Waals surface area contributed by atoms with Gasteiger partial charge in [-0.25, -0.2) is 0 Å². The molecule has 0 saturated heterocycles. The maximum absolute atomic E-state index is 3.38. The Morgan fingerprint density at radius 2 is 0.526 bits per heavy atom. The monoisotopic (exact) mass is 760 g/mol. The van der Waals surface area contributed by atoms with Crippen molar-refractivity contribution >= 4 is 0 Å². The fourth-order valence-corrected chi connectivity index (χ4v) is 0. The van der Waals surface area contributed by atoms with Crippen molar-refractivity contribution in [2.75, 3.05) is 0 Å². The molecule has 0 N–H and O–H groups in total. The van der Waals surface area contributed by atoms with Crippen LogP contribution < -0.4 is 0 Å². The molecule has 0 rings (SSSR count). The first kappa shape index (κ1) is 57.0. The summed E-state index contributed by atoms with van der Waals surface area (Å²) in [5.41, 5.74) is 0. The SMILES string of the molecule is C[CH-]C.C[CH-]C.C[CH-]C.C[CH-]C.[CH2-]C[CH2-].[W].[W].[Y].[Y]. The van der Waals surface area contributed by atoms with Gasteiger partial charge in [0.2, 0.25) is 0 Å². The van der Waals surface area contributed by atoms with Gasteiger partial charge in [0, 0.05) is 108 Å². The molecule has 0 fully saturated rings. The molecule has 0 aromatic heterocycles. The van der Waals surface area contributed by atoms with E-state index in [0.29, 0.717) is 0 Å². The molecule has 0 spiro atoms. The van der Waals surface area contributed by atoms with E-state index in [1.807, 2.05) is 81.1 Å². The molecular formula is C15H34W2Y2-6. The maximum atomic E-state index is 3.38. The van der Waals surface area contributed by atoms with E-state index in [1.54, 1.807) is 0 Å². The van der Waals surface area contributed by atoms with Gasteiger partial charge < -0.3 is 46.0 Å². The summed E-state index contributed by atoms with van der Waals surface area (Å²) in [6.45, 7) is 22.8. The number of hydrogen-bond acceptors (Lipinski definition) is 0. The van der Waals surface area contributed by atoms with Crippen LogP contribution in [0.1, 0.15) is 61.8 Å². The molecule has 0 aliphatic heterocycles. The van der Waals surface area contributed by atoms with Gasteiger partial charge in [-0.3, -0.25) is 0 Å². The zero-order chi connectivity index (χ0) is 13.5. The Hall–Kier alpha value is 3.58. The van der Waals surface area contributed by atoms with Gasteiger partial charge >= 0.3 is 0 Å². The van der Waals surface area contributed by atoms with Crippen molar-refractivity contribution in [2.45, 2.75) is 61.8 Å². The Morgan fingerprint density at radius 3 is 0.526 bits per heavy atom. The van der Waals surface area contributed by atoms with Crippen molar-refractivity contribution in [1.82, 2.24) is 0 Å². The van der Waals surface area contributed by atoms with E-state index in [9.17, 15) is 0 Å². The molecule has 4 heteroatoms.